The van der Waals surface area contributed by atoms with Crippen LogP contribution in [0.25, 0.3) is 0 Å². The molecule has 1 rings (SSSR count). The van der Waals surface area contributed by atoms with Gasteiger partial charge in [0.1, 0.15) is 0 Å². The molecule has 0 unspecified atom stereocenters. The minimum Gasteiger partial charge on any atom is -0.570 e. The molecule has 0 aliphatic carbocycles. The number of carbonyl (C=O) groups is 1. The third kappa shape index (κ3) is 6.96. The van der Waals surface area contributed by atoms with Crippen LogP contribution in [0, 0.1) is 12.1 Å². The van der Waals surface area contributed by atoms with Gasteiger partial charge in [0.15, 0.2) is 0 Å². The van der Waals surface area contributed by atoms with Crippen molar-refractivity contribution < 1.29 is 112 Å². The summed E-state index contributed by atoms with van der Waals surface area (Å²) in [5.41, 5.74) is 0.396. The Kier molecular flexibility index (Phi) is 18.0. The molecule has 0 amide bonds. The van der Waals surface area contributed by atoms with Crippen molar-refractivity contribution in [2.45, 2.75) is 0 Å². The molecular weight excluding hydrogens is 423 g/mol. The minimum atomic E-state index is 0. The minimum absolute atomic E-state index is 0. The molecule has 0 saturated heterocycles. The van der Waals surface area contributed by atoms with Crippen molar-refractivity contribution in [1.82, 2.24) is 0 Å². The van der Waals surface area contributed by atoms with Crippen molar-refractivity contribution in [2.75, 3.05) is 14.2 Å². The standard InChI is InChI=1S/C9H8O3.3Y/c1-11-8-4-3-7(6-10)5-9(8)12-2;;;/h3,6H,1-2H3;;;/q-2;;;. The summed E-state index contributed by atoms with van der Waals surface area (Å²) < 4.78 is 9.82. The average Bonchev–Trinajstić information content (AvgIpc) is 2.16. The van der Waals surface area contributed by atoms with Crippen LogP contribution in [0.15, 0.2) is 6.07 Å². The number of carbonyl (C=O) groups excluding carboxylic acids is 1. The van der Waals surface area contributed by atoms with Crippen molar-refractivity contribution in [3.63, 3.8) is 0 Å². The van der Waals surface area contributed by atoms with Crippen LogP contribution in [0.4, 0.5) is 0 Å². The Bertz CT molecular complexity index is 292. The van der Waals surface area contributed by atoms with Crippen LogP contribution in [-0.4, -0.2) is 20.5 Å². The van der Waals surface area contributed by atoms with Crippen LogP contribution < -0.4 is 9.47 Å². The largest absolute Gasteiger partial charge is 0.570 e. The van der Waals surface area contributed by atoms with E-state index in [1.165, 1.54) is 20.3 Å². The number of hydrogen-bond donors (Lipinski definition) is 0. The molecule has 1 aromatic carbocycles. The normalized spacial score (nSPS) is 7.33. The van der Waals surface area contributed by atoms with Crippen molar-refractivity contribution in [3.05, 3.63) is 23.8 Å². The zero-order valence-electron chi connectivity index (χ0n) is 8.61. The molecule has 3 radical (unpaired) electrons. The fourth-order valence-electron chi connectivity index (χ4n) is 0.792. The molecule has 73 valence electrons. The molecular formula is C9H8O3Y3-2. The molecule has 0 aliphatic heterocycles. The summed E-state index contributed by atoms with van der Waals surface area (Å²) in [6.45, 7) is 0. The van der Waals surface area contributed by atoms with Gasteiger partial charge in [-0.25, -0.2) is 17.7 Å². The second-order valence-electron chi connectivity index (χ2n) is 2.05. The molecule has 0 spiro atoms. The summed E-state index contributed by atoms with van der Waals surface area (Å²) in [7, 11) is 2.99. The molecule has 0 atom stereocenters. The summed E-state index contributed by atoms with van der Waals surface area (Å²) in [5.74, 6) is 0.838. The molecule has 15 heavy (non-hydrogen) atoms. The van der Waals surface area contributed by atoms with Crippen molar-refractivity contribution >= 4 is 6.29 Å². The van der Waals surface area contributed by atoms with Gasteiger partial charge in [0.05, 0.1) is 14.2 Å². The SMILES string of the molecule is COc1[c-]cc(C=O)[c-]c1OC.[Y].[Y].[Y]. The maximum atomic E-state index is 10.3. The Labute approximate surface area is 165 Å². The maximum Gasteiger partial charge on any atom is 0.0618 e. The quantitative estimate of drug-likeness (QED) is 0.532. The first-order chi connectivity index (χ1) is 5.81. The Morgan fingerprint density at radius 1 is 1.13 bits per heavy atom. The summed E-state index contributed by atoms with van der Waals surface area (Å²) in [4.78, 5) is 10.3. The Balaban J connectivity index is -0.000000480. The van der Waals surface area contributed by atoms with Gasteiger partial charge in [0, 0.05) is 104 Å². The van der Waals surface area contributed by atoms with Gasteiger partial charge in [-0.15, -0.1) is 0 Å². The molecule has 0 fully saturated rings. The van der Waals surface area contributed by atoms with Gasteiger partial charge in [0.2, 0.25) is 0 Å². The van der Waals surface area contributed by atoms with Crippen molar-refractivity contribution in [1.29, 1.82) is 0 Å². The average molecular weight is 431 g/mol. The Morgan fingerprint density at radius 2 is 1.67 bits per heavy atom. The third-order valence-corrected chi connectivity index (χ3v) is 1.36. The monoisotopic (exact) mass is 431 g/mol. The van der Waals surface area contributed by atoms with Gasteiger partial charge in [-0.1, -0.05) is 0 Å². The third-order valence-electron chi connectivity index (χ3n) is 1.36. The summed E-state index contributed by atoms with van der Waals surface area (Å²) in [6.07, 6.45) is 0.679. The van der Waals surface area contributed by atoms with E-state index in [1.54, 1.807) is 0 Å². The first-order valence-electron chi connectivity index (χ1n) is 3.33. The second kappa shape index (κ2) is 12.3. The zero-order chi connectivity index (χ0) is 8.97. The fourth-order valence-corrected chi connectivity index (χ4v) is 0.792. The molecule has 6 heteroatoms. The summed E-state index contributed by atoms with van der Waals surface area (Å²) >= 11 is 0. The van der Waals surface area contributed by atoms with Crippen LogP contribution in [-0.2, 0) is 98.1 Å². The number of rotatable bonds is 3. The topological polar surface area (TPSA) is 35.5 Å². The molecule has 1 aromatic rings. The molecule has 3 nitrogen and oxygen atoms in total. The number of methoxy groups -OCH3 is 2. The van der Waals surface area contributed by atoms with Gasteiger partial charge < -0.3 is 14.3 Å². The van der Waals surface area contributed by atoms with E-state index >= 15 is 0 Å². The van der Waals surface area contributed by atoms with Gasteiger partial charge in [0.25, 0.3) is 0 Å². The van der Waals surface area contributed by atoms with E-state index in [-0.39, 0.29) is 98.1 Å². The predicted molar refractivity (Wildman–Crippen MR) is 42.6 cm³/mol. The van der Waals surface area contributed by atoms with E-state index in [1.807, 2.05) is 0 Å². The molecule has 0 aliphatic rings. The van der Waals surface area contributed by atoms with E-state index in [2.05, 4.69) is 12.1 Å². The Morgan fingerprint density at radius 3 is 2.07 bits per heavy atom. The molecule has 0 saturated carbocycles. The van der Waals surface area contributed by atoms with Gasteiger partial charge >= 0.3 is 0 Å². The van der Waals surface area contributed by atoms with Crippen LogP contribution >= 0.6 is 0 Å². The predicted octanol–water partition coefficient (Wildman–Crippen LogP) is 1.11. The molecule has 0 bridgehead atoms. The van der Waals surface area contributed by atoms with E-state index in [0.717, 1.165) is 0 Å². The van der Waals surface area contributed by atoms with Crippen LogP contribution in [0.2, 0.25) is 0 Å². The van der Waals surface area contributed by atoms with Crippen LogP contribution in [0.3, 0.4) is 0 Å². The number of benzene rings is 1. The number of hydrogen-bond acceptors (Lipinski definition) is 3. The Hall–Kier alpha value is 1.80. The smallest absolute Gasteiger partial charge is 0.0618 e. The fraction of sp³-hybridized carbons (Fsp3) is 0.222. The number of aldehydes is 1. The summed E-state index contributed by atoms with van der Waals surface area (Å²) in [5, 5.41) is 0. The van der Waals surface area contributed by atoms with E-state index in [0.29, 0.717) is 23.3 Å². The van der Waals surface area contributed by atoms with Crippen LogP contribution in [0.5, 0.6) is 11.5 Å². The molecule has 0 N–H and O–H groups in total. The summed E-state index contributed by atoms with van der Waals surface area (Å²) in [6, 6.07) is 6.96. The molecule has 0 aromatic heterocycles. The maximum absolute atomic E-state index is 10.3. The van der Waals surface area contributed by atoms with Crippen molar-refractivity contribution in [3.8, 4) is 11.5 Å². The van der Waals surface area contributed by atoms with E-state index in [4.69, 9.17) is 9.47 Å². The van der Waals surface area contributed by atoms with E-state index in [9.17, 15) is 4.79 Å². The van der Waals surface area contributed by atoms with Crippen LogP contribution in [0.1, 0.15) is 10.4 Å². The van der Waals surface area contributed by atoms with Gasteiger partial charge in [-0.2, -0.15) is 0 Å². The van der Waals surface area contributed by atoms with Crippen molar-refractivity contribution in [2.24, 2.45) is 0 Å². The first-order valence-corrected chi connectivity index (χ1v) is 3.33. The second-order valence-corrected chi connectivity index (χ2v) is 2.05. The first kappa shape index (κ1) is 22.0. The number of ether oxygens (including phenoxy) is 2. The molecule has 0 heterocycles. The zero-order valence-corrected chi connectivity index (χ0v) is 17.1. The van der Waals surface area contributed by atoms with Gasteiger partial charge in [-0.3, -0.25) is 6.07 Å². The van der Waals surface area contributed by atoms with Gasteiger partial charge in [-0.05, 0) is 11.5 Å². The van der Waals surface area contributed by atoms with E-state index < -0.39 is 0 Å².